The van der Waals surface area contributed by atoms with Crippen LogP contribution in [0.4, 0.5) is 5.69 Å². The smallest absolute Gasteiger partial charge is 0.243 e. The zero-order valence-electron chi connectivity index (χ0n) is 15.6. The summed E-state index contributed by atoms with van der Waals surface area (Å²) in [4.78, 5) is 12.5. The fourth-order valence-corrected chi connectivity index (χ4v) is 3.87. The van der Waals surface area contributed by atoms with Crippen LogP contribution in [0, 0.1) is 0 Å². The number of methoxy groups -OCH3 is 1. The van der Waals surface area contributed by atoms with Crippen molar-refractivity contribution >= 4 is 21.6 Å². The number of hydrogen-bond acceptors (Lipinski definition) is 5. The highest BCUT2D eigenvalue weighted by Gasteiger charge is 2.25. The van der Waals surface area contributed by atoms with Crippen molar-refractivity contribution in [3.05, 3.63) is 48.5 Å². The summed E-state index contributed by atoms with van der Waals surface area (Å²) in [5.41, 5.74) is 0.502. The third kappa shape index (κ3) is 5.21. The Kier molecular flexibility index (Phi) is 7.20. The lowest BCUT2D eigenvalue weighted by Gasteiger charge is -2.20. The molecule has 2 aromatic carbocycles. The monoisotopic (exact) mass is 392 g/mol. The van der Waals surface area contributed by atoms with Crippen molar-refractivity contribution in [1.82, 2.24) is 4.31 Å². The highest BCUT2D eigenvalue weighted by Crippen LogP contribution is 2.24. The number of anilines is 1. The molecule has 2 rings (SSSR count). The molecule has 0 unspecified atom stereocenters. The second-order valence-corrected chi connectivity index (χ2v) is 7.52. The number of benzene rings is 2. The summed E-state index contributed by atoms with van der Waals surface area (Å²) in [7, 11) is -2.29. The van der Waals surface area contributed by atoms with Crippen LogP contribution in [0.1, 0.15) is 13.8 Å². The Hall–Kier alpha value is -2.58. The molecule has 0 saturated heterocycles. The van der Waals surface area contributed by atoms with Gasteiger partial charge in [0, 0.05) is 6.54 Å². The van der Waals surface area contributed by atoms with Gasteiger partial charge in [0.2, 0.25) is 15.9 Å². The van der Waals surface area contributed by atoms with Crippen LogP contribution in [0.2, 0.25) is 0 Å². The summed E-state index contributed by atoms with van der Waals surface area (Å²) in [6, 6.07) is 13.1. The van der Waals surface area contributed by atoms with E-state index < -0.39 is 15.9 Å². The summed E-state index contributed by atoms with van der Waals surface area (Å²) >= 11 is 0. The molecule has 0 spiro atoms. The first-order valence-corrected chi connectivity index (χ1v) is 10.0. The Bertz CT molecular complexity index is 866. The van der Waals surface area contributed by atoms with Gasteiger partial charge in [0.05, 0.1) is 30.8 Å². The van der Waals surface area contributed by atoms with Gasteiger partial charge in [-0.3, -0.25) is 4.79 Å². The maximum absolute atomic E-state index is 12.8. The average Bonchev–Trinajstić information content (AvgIpc) is 2.67. The number of amides is 1. The van der Waals surface area contributed by atoms with E-state index in [1.54, 1.807) is 43.3 Å². The third-order valence-corrected chi connectivity index (χ3v) is 5.77. The van der Waals surface area contributed by atoms with Crippen LogP contribution in [-0.2, 0) is 14.8 Å². The first-order chi connectivity index (χ1) is 12.9. The van der Waals surface area contributed by atoms with Crippen molar-refractivity contribution in [3.8, 4) is 11.5 Å². The lowest BCUT2D eigenvalue weighted by atomic mass is 10.3. The molecular weight excluding hydrogens is 368 g/mol. The second kappa shape index (κ2) is 9.38. The van der Waals surface area contributed by atoms with Gasteiger partial charge in [0.25, 0.3) is 0 Å². The summed E-state index contributed by atoms with van der Waals surface area (Å²) in [6.45, 7) is 3.85. The van der Waals surface area contributed by atoms with Crippen molar-refractivity contribution in [3.63, 3.8) is 0 Å². The Morgan fingerprint density at radius 2 is 1.74 bits per heavy atom. The van der Waals surface area contributed by atoms with E-state index in [1.807, 2.05) is 6.92 Å². The van der Waals surface area contributed by atoms with Crippen LogP contribution in [-0.4, -0.2) is 45.4 Å². The highest BCUT2D eigenvalue weighted by molar-refractivity contribution is 7.89. The maximum Gasteiger partial charge on any atom is 0.243 e. The van der Waals surface area contributed by atoms with Crippen LogP contribution in [0.25, 0.3) is 0 Å². The van der Waals surface area contributed by atoms with E-state index in [1.165, 1.54) is 19.2 Å². The molecule has 2 aromatic rings. The number of nitrogens with one attached hydrogen (secondary N) is 1. The van der Waals surface area contributed by atoms with Crippen LogP contribution >= 0.6 is 0 Å². The largest absolute Gasteiger partial charge is 0.497 e. The number of hydrogen-bond donors (Lipinski definition) is 1. The molecule has 27 heavy (non-hydrogen) atoms. The Labute approximate surface area is 160 Å². The number of carbonyl (C=O) groups excluding carboxylic acids is 1. The van der Waals surface area contributed by atoms with Crippen molar-refractivity contribution in [2.24, 2.45) is 0 Å². The van der Waals surface area contributed by atoms with Gasteiger partial charge >= 0.3 is 0 Å². The van der Waals surface area contributed by atoms with Gasteiger partial charge in [-0.1, -0.05) is 19.1 Å². The molecule has 8 heteroatoms. The number of ether oxygens (including phenoxy) is 2. The molecule has 0 saturated carbocycles. The van der Waals surface area contributed by atoms with Crippen LogP contribution in [0.3, 0.4) is 0 Å². The molecule has 0 aliphatic rings. The third-order valence-electron chi connectivity index (χ3n) is 3.83. The summed E-state index contributed by atoms with van der Waals surface area (Å²) in [6.07, 6.45) is 0. The molecule has 0 fully saturated rings. The zero-order chi connectivity index (χ0) is 19.9. The molecule has 1 amide bonds. The number of likely N-dealkylation sites (N-methyl/N-ethyl adjacent to an activating group) is 1. The minimum Gasteiger partial charge on any atom is -0.497 e. The fraction of sp³-hybridized carbons (Fsp3) is 0.316. The first-order valence-electron chi connectivity index (χ1n) is 8.58. The number of rotatable bonds is 9. The molecule has 0 aliphatic carbocycles. The second-order valence-electron chi connectivity index (χ2n) is 5.58. The average molecular weight is 392 g/mol. The number of nitrogens with zero attached hydrogens (tertiary/aromatic N) is 1. The van der Waals surface area contributed by atoms with E-state index in [2.05, 4.69) is 5.32 Å². The summed E-state index contributed by atoms with van der Waals surface area (Å²) in [5.74, 6) is 0.651. The number of carbonyl (C=O) groups is 1. The van der Waals surface area contributed by atoms with Crippen molar-refractivity contribution in [1.29, 1.82) is 0 Å². The van der Waals surface area contributed by atoms with Gasteiger partial charge < -0.3 is 14.8 Å². The summed E-state index contributed by atoms with van der Waals surface area (Å²) < 4.78 is 37.2. The van der Waals surface area contributed by atoms with Gasteiger partial charge in [-0.25, -0.2) is 8.42 Å². The van der Waals surface area contributed by atoms with Gasteiger partial charge in [-0.05, 0) is 43.3 Å². The molecular formula is C19H24N2O5S. The molecule has 0 atom stereocenters. The van der Waals surface area contributed by atoms with Crippen LogP contribution in [0.15, 0.2) is 53.4 Å². The Balaban J connectivity index is 2.14. The van der Waals surface area contributed by atoms with Gasteiger partial charge in [-0.15, -0.1) is 0 Å². The maximum atomic E-state index is 12.8. The van der Waals surface area contributed by atoms with E-state index in [0.717, 1.165) is 4.31 Å². The normalized spacial score (nSPS) is 11.3. The van der Waals surface area contributed by atoms with Crippen molar-refractivity contribution < 1.29 is 22.7 Å². The minimum absolute atomic E-state index is 0.104. The molecule has 0 bridgehead atoms. The molecule has 0 aliphatic heterocycles. The van der Waals surface area contributed by atoms with E-state index in [-0.39, 0.29) is 18.0 Å². The number of para-hydroxylation sites is 2. The molecule has 0 radical (unpaired) electrons. The molecule has 0 heterocycles. The van der Waals surface area contributed by atoms with E-state index in [9.17, 15) is 13.2 Å². The SMILES string of the molecule is CCOc1ccccc1NC(=O)CN(CC)S(=O)(=O)c1ccc(OC)cc1. The molecule has 0 aromatic heterocycles. The van der Waals surface area contributed by atoms with Crippen LogP contribution in [0.5, 0.6) is 11.5 Å². The van der Waals surface area contributed by atoms with Gasteiger partial charge in [0.1, 0.15) is 11.5 Å². The standard InChI is InChI=1S/C19H24N2O5S/c1-4-21(27(23,24)16-12-10-15(25-3)11-13-16)14-19(22)20-17-8-6-7-9-18(17)26-5-2/h6-13H,4-5,14H2,1-3H3,(H,20,22). The fourth-order valence-electron chi connectivity index (χ4n) is 2.46. The van der Waals surface area contributed by atoms with Crippen molar-refractivity contribution in [2.45, 2.75) is 18.7 Å². The van der Waals surface area contributed by atoms with Crippen molar-refractivity contribution in [2.75, 3.05) is 32.1 Å². The summed E-state index contributed by atoms with van der Waals surface area (Å²) in [5, 5.41) is 2.71. The van der Waals surface area contributed by atoms with Gasteiger partial charge in [0.15, 0.2) is 0 Å². The van der Waals surface area contributed by atoms with E-state index >= 15 is 0 Å². The molecule has 1 N–H and O–H groups in total. The van der Waals surface area contributed by atoms with Crippen LogP contribution < -0.4 is 14.8 Å². The highest BCUT2D eigenvalue weighted by atomic mass is 32.2. The number of sulfonamides is 1. The topological polar surface area (TPSA) is 84.9 Å². The molecule has 146 valence electrons. The Morgan fingerprint density at radius 3 is 2.33 bits per heavy atom. The predicted molar refractivity (Wildman–Crippen MR) is 104 cm³/mol. The lowest BCUT2D eigenvalue weighted by Crippen LogP contribution is -2.37. The predicted octanol–water partition coefficient (Wildman–Crippen LogP) is 2.74. The van der Waals surface area contributed by atoms with E-state index in [0.29, 0.717) is 23.8 Å². The first kappa shape index (κ1) is 20.7. The minimum atomic E-state index is -3.80. The quantitative estimate of drug-likeness (QED) is 0.709. The van der Waals surface area contributed by atoms with Gasteiger partial charge in [-0.2, -0.15) is 4.31 Å². The molecule has 7 nitrogen and oxygen atoms in total. The Morgan fingerprint density at radius 1 is 1.07 bits per heavy atom. The lowest BCUT2D eigenvalue weighted by molar-refractivity contribution is -0.116. The van der Waals surface area contributed by atoms with E-state index in [4.69, 9.17) is 9.47 Å². The zero-order valence-corrected chi connectivity index (χ0v) is 16.5.